The molecule has 0 aliphatic carbocycles. The molecule has 3 heterocycles. The number of amides is 3. The highest BCUT2D eigenvalue weighted by Gasteiger charge is 2.26. The number of aromatic nitrogens is 2. The maximum atomic E-state index is 12.7. The lowest BCUT2D eigenvalue weighted by Gasteiger charge is -2.33. The molecule has 2 aromatic rings. The Labute approximate surface area is 168 Å². The zero-order valence-electron chi connectivity index (χ0n) is 16.2. The molecule has 9 heteroatoms. The fourth-order valence-electron chi connectivity index (χ4n) is 2.92. The van der Waals surface area contributed by atoms with Gasteiger partial charge in [-0.15, -0.1) is 0 Å². The molecule has 29 heavy (non-hydrogen) atoms. The van der Waals surface area contributed by atoms with Gasteiger partial charge in [-0.25, -0.2) is 9.78 Å². The Balaban J connectivity index is 1.58. The number of rotatable bonds is 5. The summed E-state index contributed by atoms with van der Waals surface area (Å²) in [6.07, 6.45) is 2.94. The summed E-state index contributed by atoms with van der Waals surface area (Å²) in [5, 5.41) is 2.78. The molecule has 1 saturated heterocycles. The number of ether oxygens (including phenoxy) is 1. The molecule has 0 saturated carbocycles. The van der Waals surface area contributed by atoms with Crippen LogP contribution >= 0.6 is 0 Å². The van der Waals surface area contributed by atoms with Gasteiger partial charge in [0.2, 0.25) is 0 Å². The molecule has 9 nitrogen and oxygen atoms in total. The van der Waals surface area contributed by atoms with Crippen molar-refractivity contribution in [2.24, 2.45) is 0 Å². The van der Waals surface area contributed by atoms with Crippen molar-refractivity contribution in [1.29, 1.82) is 0 Å². The van der Waals surface area contributed by atoms with E-state index >= 15 is 0 Å². The van der Waals surface area contributed by atoms with E-state index in [1.54, 1.807) is 47.3 Å². The number of hydrogen-bond acceptors (Lipinski definition) is 6. The van der Waals surface area contributed by atoms with Gasteiger partial charge in [-0.3, -0.25) is 14.6 Å². The zero-order valence-corrected chi connectivity index (χ0v) is 16.2. The molecule has 1 fully saturated rings. The van der Waals surface area contributed by atoms with Crippen LogP contribution in [0, 0.1) is 0 Å². The van der Waals surface area contributed by atoms with E-state index in [0.717, 1.165) is 5.56 Å². The molecule has 0 bridgehead atoms. The van der Waals surface area contributed by atoms with Crippen LogP contribution in [0.25, 0.3) is 0 Å². The molecule has 1 N–H and O–H groups in total. The average molecular weight is 397 g/mol. The van der Waals surface area contributed by atoms with Crippen molar-refractivity contribution in [3.8, 4) is 0 Å². The van der Waals surface area contributed by atoms with Crippen LogP contribution in [0.1, 0.15) is 33.5 Å². The van der Waals surface area contributed by atoms with Gasteiger partial charge >= 0.3 is 6.09 Å². The van der Waals surface area contributed by atoms with Gasteiger partial charge in [-0.2, -0.15) is 0 Å². The Hall–Kier alpha value is -3.49. The van der Waals surface area contributed by atoms with Gasteiger partial charge in [0.05, 0.1) is 6.61 Å². The number of nitrogens with one attached hydrogen (secondary N) is 1. The summed E-state index contributed by atoms with van der Waals surface area (Å²) in [7, 11) is 0. The molecule has 0 atom stereocenters. The van der Waals surface area contributed by atoms with Gasteiger partial charge in [-0.1, -0.05) is 6.07 Å². The van der Waals surface area contributed by atoms with Crippen LogP contribution < -0.4 is 5.32 Å². The standard InChI is InChI=1S/C20H23N5O4/c1-2-29-20(28)25-12-10-24(11-13-25)19(27)17-5-3-4-16(23-17)18(26)22-14-15-6-8-21-9-7-15/h3-9H,2,10-14H2,1H3,(H,22,26). The highest BCUT2D eigenvalue weighted by atomic mass is 16.6. The molecule has 2 aromatic heterocycles. The Kier molecular flexibility index (Phi) is 6.72. The Morgan fingerprint density at radius 3 is 2.34 bits per heavy atom. The Morgan fingerprint density at radius 2 is 1.66 bits per heavy atom. The average Bonchev–Trinajstić information content (AvgIpc) is 2.78. The second-order valence-electron chi connectivity index (χ2n) is 6.42. The van der Waals surface area contributed by atoms with Crippen LogP contribution in [0.15, 0.2) is 42.7 Å². The number of carbonyl (C=O) groups is 3. The van der Waals surface area contributed by atoms with Crippen LogP contribution in [0.5, 0.6) is 0 Å². The van der Waals surface area contributed by atoms with Crippen molar-refractivity contribution in [3.63, 3.8) is 0 Å². The third-order valence-electron chi connectivity index (χ3n) is 4.50. The summed E-state index contributed by atoms with van der Waals surface area (Å²) in [6.45, 7) is 3.99. The minimum absolute atomic E-state index is 0.176. The summed E-state index contributed by atoms with van der Waals surface area (Å²) in [4.78, 5) is 48.2. The van der Waals surface area contributed by atoms with E-state index < -0.39 is 0 Å². The summed E-state index contributed by atoms with van der Waals surface area (Å²) < 4.78 is 4.98. The second-order valence-corrected chi connectivity index (χ2v) is 6.42. The molecule has 0 aromatic carbocycles. The Morgan fingerprint density at radius 1 is 1.00 bits per heavy atom. The van der Waals surface area contributed by atoms with Gasteiger partial charge < -0.3 is 19.9 Å². The van der Waals surface area contributed by atoms with Crippen molar-refractivity contribution < 1.29 is 19.1 Å². The third kappa shape index (κ3) is 5.28. The van der Waals surface area contributed by atoms with Crippen LogP contribution in [-0.2, 0) is 11.3 Å². The van der Waals surface area contributed by atoms with Crippen LogP contribution in [0.3, 0.4) is 0 Å². The van der Waals surface area contributed by atoms with E-state index in [0.29, 0.717) is 39.3 Å². The molecule has 0 unspecified atom stereocenters. The first-order valence-corrected chi connectivity index (χ1v) is 9.43. The van der Waals surface area contributed by atoms with Crippen LogP contribution in [0.2, 0.25) is 0 Å². The molecule has 0 spiro atoms. The van der Waals surface area contributed by atoms with Gasteiger partial charge in [-0.05, 0) is 36.8 Å². The van der Waals surface area contributed by atoms with E-state index in [1.165, 1.54) is 0 Å². The first-order valence-electron chi connectivity index (χ1n) is 9.43. The minimum Gasteiger partial charge on any atom is -0.450 e. The Bertz CT molecular complexity index is 866. The van der Waals surface area contributed by atoms with E-state index in [-0.39, 0.29) is 29.3 Å². The van der Waals surface area contributed by atoms with Crippen LogP contribution in [-0.4, -0.2) is 70.5 Å². The largest absolute Gasteiger partial charge is 0.450 e. The van der Waals surface area contributed by atoms with Gasteiger partial charge in [0.1, 0.15) is 11.4 Å². The van der Waals surface area contributed by atoms with E-state index in [1.807, 2.05) is 12.1 Å². The molecule has 3 rings (SSSR count). The van der Waals surface area contributed by atoms with E-state index in [9.17, 15) is 14.4 Å². The fraction of sp³-hybridized carbons (Fsp3) is 0.350. The molecule has 0 radical (unpaired) electrons. The fourth-order valence-corrected chi connectivity index (χ4v) is 2.92. The highest BCUT2D eigenvalue weighted by Crippen LogP contribution is 2.09. The number of piperazine rings is 1. The van der Waals surface area contributed by atoms with E-state index in [2.05, 4.69) is 15.3 Å². The quantitative estimate of drug-likeness (QED) is 0.816. The molecular formula is C20H23N5O4. The maximum absolute atomic E-state index is 12.7. The van der Waals surface area contributed by atoms with Gasteiger partial charge in [0.25, 0.3) is 11.8 Å². The van der Waals surface area contributed by atoms with Crippen molar-refractivity contribution >= 4 is 17.9 Å². The normalized spacial score (nSPS) is 13.7. The summed E-state index contributed by atoms with van der Waals surface area (Å²) in [5.41, 5.74) is 1.29. The summed E-state index contributed by atoms with van der Waals surface area (Å²) >= 11 is 0. The maximum Gasteiger partial charge on any atom is 0.409 e. The number of hydrogen-bond donors (Lipinski definition) is 1. The first-order chi connectivity index (χ1) is 14.1. The van der Waals surface area contributed by atoms with Crippen molar-refractivity contribution in [2.75, 3.05) is 32.8 Å². The second kappa shape index (κ2) is 9.63. The molecular weight excluding hydrogens is 374 g/mol. The van der Waals surface area contributed by atoms with Crippen molar-refractivity contribution in [1.82, 2.24) is 25.1 Å². The first kappa shape index (κ1) is 20.2. The lowest BCUT2D eigenvalue weighted by molar-refractivity contribution is 0.0565. The number of carbonyl (C=O) groups excluding carboxylic acids is 3. The van der Waals surface area contributed by atoms with Gasteiger partial charge in [0.15, 0.2) is 0 Å². The number of pyridine rings is 2. The summed E-state index contributed by atoms with van der Waals surface area (Å²) in [6, 6.07) is 8.40. The van der Waals surface area contributed by atoms with Gasteiger partial charge in [0, 0.05) is 45.1 Å². The number of nitrogens with zero attached hydrogens (tertiary/aromatic N) is 4. The molecule has 152 valence electrons. The lowest BCUT2D eigenvalue weighted by Crippen LogP contribution is -2.50. The van der Waals surface area contributed by atoms with Crippen molar-refractivity contribution in [2.45, 2.75) is 13.5 Å². The molecule has 3 amide bonds. The smallest absolute Gasteiger partial charge is 0.409 e. The third-order valence-corrected chi connectivity index (χ3v) is 4.50. The van der Waals surface area contributed by atoms with Crippen LogP contribution in [0.4, 0.5) is 4.79 Å². The van der Waals surface area contributed by atoms with Crippen molar-refractivity contribution in [3.05, 3.63) is 59.7 Å². The summed E-state index contributed by atoms with van der Waals surface area (Å²) in [5.74, 6) is -0.624. The highest BCUT2D eigenvalue weighted by molar-refractivity contribution is 5.96. The monoisotopic (exact) mass is 397 g/mol. The topological polar surface area (TPSA) is 105 Å². The molecule has 1 aliphatic heterocycles. The minimum atomic E-state index is -0.370. The SMILES string of the molecule is CCOC(=O)N1CCN(C(=O)c2cccc(C(=O)NCc3ccncc3)n2)CC1. The zero-order chi connectivity index (χ0) is 20.6. The molecule has 1 aliphatic rings. The predicted molar refractivity (Wildman–Crippen MR) is 104 cm³/mol. The lowest BCUT2D eigenvalue weighted by atomic mass is 10.2. The predicted octanol–water partition coefficient (Wildman–Crippen LogP) is 1.32. The van der Waals surface area contributed by atoms with E-state index in [4.69, 9.17) is 4.74 Å².